The molecule has 23 heavy (non-hydrogen) atoms. The molecule has 1 saturated heterocycles. The standard InChI is InChI=1S/C16H20N2O5/c19-14(18-16(15(20)21)5-8-22-9-6-16)11-4-7-17-13(10-11)23-12-2-1-3-12/h4,7,10,12H,1-3,5-6,8-9H2,(H,18,19)(H,20,21). The number of carboxylic acid groups (broad SMARTS) is 1. The Morgan fingerprint density at radius 1 is 1.35 bits per heavy atom. The minimum Gasteiger partial charge on any atom is -0.480 e. The van der Waals surface area contributed by atoms with Crippen LogP contribution in [0.2, 0.25) is 0 Å². The Labute approximate surface area is 134 Å². The maximum absolute atomic E-state index is 12.4. The predicted octanol–water partition coefficient (Wildman–Crippen LogP) is 1.38. The van der Waals surface area contributed by atoms with Gasteiger partial charge in [0, 0.05) is 43.9 Å². The average molecular weight is 320 g/mol. The average Bonchev–Trinajstić information content (AvgIpc) is 2.52. The molecule has 0 unspecified atom stereocenters. The maximum atomic E-state index is 12.4. The van der Waals surface area contributed by atoms with E-state index >= 15 is 0 Å². The zero-order valence-corrected chi connectivity index (χ0v) is 12.8. The Hall–Kier alpha value is -2.15. The molecule has 7 nitrogen and oxygen atoms in total. The smallest absolute Gasteiger partial charge is 0.329 e. The third kappa shape index (κ3) is 3.44. The second-order valence-corrected chi connectivity index (χ2v) is 6.01. The van der Waals surface area contributed by atoms with E-state index in [-0.39, 0.29) is 18.9 Å². The number of nitrogens with one attached hydrogen (secondary N) is 1. The number of pyridine rings is 1. The summed E-state index contributed by atoms with van der Waals surface area (Å²) in [6.07, 6.45) is 5.32. The number of hydrogen-bond donors (Lipinski definition) is 2. The summed E-state index contributed by atoms with van der Waals surface area (Å²) in [5.41, 5.74) is -0.922. The van der Waals surface area contributed by atoms with Crippen molar-refractivity contribution in [3.05, 3.63) is 23.9 Å². The van der Waals surface area contributed by atoms with Crippen LogP contribution in [0.1, 0.15) is 42.5 Å². The van der Waals surface area contributed by atoms with Crippen LogP contribution >= 0.6 is 0 Å². The van der Waals surface area contributed by atoms with Gasteiger partial charge in [-0.15, -0.1) is 0 Å². The molecule has 2 heterocycles. The number of aliphatic carboxylic acids is 1. The second kappa shape index (κ2) is 6.54. The normalized spacial score (nSPS) is 20.3. The zero-order valence-electron chi connectivity index (χ0n) is 12.8. The van der Waals surface area contributed by atoms with Crippen molar-refractivity contribution >= 4 is 11.9 Å². The molecule has 2 fully saturated rings. The van der Waals surface area contributed by atoms with Gasteiger partial charge in [0.2, 0.25) is 5.88 Å². The lowest BCUT2D eigenvalue weighted by Gasteiger charge is -2.33. The molecular weight excluding hydrogens is 300 g/mol. The van der Waals surface area contributed by atoms with Crippen molar-refractivity contribution in [3.8, 4) is 5.88 Å². The molecule has 2 aliphatic rings. The van der Waals surface area contributed by atoms with E-state index in [1.54, 1.807) is 12.1 Å². The molecule has 0 aromatic carbocycles. The summed E-state index contributed by atoms with van der Waals surface area (Å²) in [6, 6.07) is 3.11. The molecule has 0 spiro atoms. The van der Waals surface area contributed by atoms with Gasteiger partial charge in [0.15, 0.2) is 0 Å². The summed E-state index contributed by atoms with van der Waals surface area (Å²) in [7, 11) is 0. The molecule has 1 aliphatic heterocycles. The fourth-order valence-corrected chi connectivity index (χ4v) is 2.68. The maximum Gasteiger partial charge on any atom is 0.329 e. The Morgan fingerprint density at radius 2 is 2.09 bits per heavy atom. The van der Waals surface area contributed by atoms with Gasteiger partial charge in [-0.3, -0.25) is 4.79 Å². The summed E-state index contributed by atoms with van der Waals surface area (Å²) in [5, 5.41) is 12.1. The van der Waals surface area contributed by atoms with Crippen LogP contribution in [-0.4, -0.2) is 46.8 Å². The van der Waals surface area contributed by atoms with Gasteiger partial charge in [0.1, 0.15) is 11.6 Å². The SMILES string of the molecule is O=C(NC1(C(=O)O)CCOCC1)c1ccnc(OC2CCC2)c1. The van der Waals surface area contributed by atoms with Crippen LogP contribution < -0.4 is 10.1 Å². The first-order chi connectivity index (χ1) is 11.1. The van der Waals surface area contributed by atoms with E-state index < -0.39 is 17.4 Å². The zero-order chi connectivity index (χ0) is 16.3. The van der Waals surface area contributed by atoms with Crippen molar-refractivity contribution < 1.29 is 24.2 Å². The molecule has 0 bridgehead atoms. The second-order valence-electron chi connectivity index (χ2n) is 6.01. The van der Waals surface area contributed by atoms with Gasteiger partial charge in [0.05, 0.1) is 0 Å². The Balaban J connectivity index is 1.71. The number of carbonyl (C=O) groups is 2. The van der Waals surface area contributed by atoms with E-state index in [4.69, 9.17) is 9.47 Å². The van der Waals surface area contributed by atoms with Gasteiger partial charge < -0.3 is 19.9 Å². The highest BCUT2D eigenvalue weighted by Crippen LogP contribution is 2.25. The molecule has 1 saturated carbocycles. The van der Waals surface area contributed by atoms with Crippen molar-refractivity contribution in [2.24, 2.45) is 0 Å². The van der Waals surface area contributed by atoms with Crippen molar-refractivity contribution in [1.29, 1.82) is 0 Å². The van der Waals surface area contributed by atoms with Crippen LogP contribution in [0.25, 0.3) is 0 Å². The molecular formula is C16H20N2O5. The van der Waals surface area contributed by atoms with Crippen LogP contribution in [0.4, 0.5) is 0 Å². The number of hydrogen-bond acceptors (Lipinski definition) is 5. The van der Waals surface area contributed by atoms with E-state index in [0.29, 0.717) is 24.7 Å². The molecule has 2 N–H and O–H groups in total. The van der Waals surface area contributed by atoms with Gasteiger partial charge in [0.25, 0.3) is 5.91 Å². The Morgan fingerprint density at radius 3 is 2.70 bits per heavy atom. The Kier molecular flexibility index (Phi) is 4.47. The lowest BCUT2D eigenvalue weighted by Crippen LogP contribution is -2.57. The van der Waals surface area contributed by atoms with E-state index in [9.17, 15) is 14.7 Å². The fourth-order valence-electron chi connectivity index (χ4n) is 2.68. The third-order valence-electron chi connectivity index (χ3n) is 4.45. The molecule has 7 heteroatoms. The quantitative estimate of drug-likeness (QED) is 0.850. The first-order valence-electron chi connectivity index (χ1n) is 7.85. The lowest BCUT2D eigenvalue weighted by atomic mass is 9.89. The lowest BCUT2D eigenvalue weighted by molar-refractivity contribution is -0.148. The Bertz CT molecular complexity index is 594. The number of amides is 1. The van der Waals surface area contributed by atoms with Crippen molar-refractivity contribution in [2.75, 3.05) is 13.2 Å². The largest absolute Gasteiger partial charge is 0.480 e. The number of carboxylic acids is 1. The van der Waals surface area contributed by atoms with E-state index in [2.05, 4.69) is 10.3 Å². The summed E-state index contributed by atoms with van der Waals surface area (Å²) in [6.45, 7) is 0.637. The summed E-state index contributed by atoms with van der Waals surface area (Å²) < 4.78 is 10.9. The highest BCUT2D eigenvalue weighted by Gasteiger charge is 2.41. The number of rotatable bonds is 5. The number of carbonyl (C=O) groups excluding carboxylic acids is 1. The third-order valence-corrected chi connectivity index (χ3v) is 4.45. The molecule has 3 rings (SSSR count). The predicted molar refractivity (Wildman–Crippen MR) is 80.4 cm³/mol. The van der Waals surface area contributed by atoms with Gasteiger partial charge >= 0.3 is 5.97 Å². The van der Waals surface area contributed by atoms with Gasteiger partial charge in [-0.1, -0.05) is 0 Å². The molecule has 1 aliphatic carbocycles. The summed E-state index contributed by atoms with van der Waals surface area (Å²) >= 11 is 0. The van der Waals surface area contributed by atoms with E-state index in [1.807, 2.05) is 0 Å². The van der Waals surface area contributed by atoms with E-state index in [1.165, 1.54) is 6.20 Å². The molecule has 0 radical (unpaired) electrons. The number of ether oxygens (including phenoxy) is 2. The van der Waals surface area contributed by atoms with E-state index in [0.717, 1.165) is 19.3 Å². The summed E-state index contributed by atoms with van der Waals surface area (Å²) in [4.78, 5) is 28.1. The first-order valence-corrected chi connectivity index (χ1v) is 7.85. The highest BCUT2D eigenvalue weighted by molar-refractivity contribution is 5.98. The van der Waals surface area contributed by atoms with Gasteiger partial charge in [-0.25, -0.2) is 9.78 Å². The van der Waals surface area contributed by atoms with Crippen LogP contribution in [0.3, 0.4) is 0 Å². The number of aromatic nitrogens is 1. The fraction of sp³-hybridized carbons (Fsp3) is 0.562. The molecule has 0 atom stereocenters. The summed E-state index contributed by atoms with van der Waals surface area (Å²) in [5.74, 6) is -1.07. The van der Waals surface area contributed by atoms with Gasteiger partial charge in [-0.2, -0.15) is 0 Å². The van der Waals surface area contributed by atoms with Crippen molar-refractivity contribution in [1.82, 2.24) is 10.3 Å². The molecule has 124 valence electrons. The molecule has 1 amide bonds. The minimum atomic E-state index is -1.27. The van der Waals surface area contributed by atoms with Crippen LogP contribution in [0.5, 0.6) is 5.88 Å². The van der Waals surface area contributed by atoms with Crippen molar-refractivity contribution in [2.45, 2.75) is 43.7 Å². The molecule has 1 aromatic heterocycles. The van der Waals surface area contributed by atoms with Crippen LogP contribution in [0, 0.1) is 0 Å². The molecule has 1 aromatic rings. The van der Waals surface area contributed by atoms with Crippen molar-refractivity contribution in [3.63, 3.8) is 0 Å². The monoisotopic (exact) mass is 320 g/mol. The van der Waals surface area contributed by atoms with Crippen LogP contribution in [-0.2, 0) is 9.53 Å². The van der Waals surface area contributed by atoms with Gasteiger partial charge in [-0.05, 0) is 25.3 Å². The topological polar surface area (TPSA) is 97.8 Å². The highest BCUT2D eigenvalue weighted by atomic mass is 16.5. The minimum absolute atomic E-state index is 0.168. The van der Waals surface area contributed by atoms with Crippen LogP contribution in [0.15, 0.2) is 18.3 Å². The number of nitrogens with zero attached hydrogens (tertiary/aromatic N) is 1. The first kappa shape index (κ1) is 15.7.